The molecule has 0 bridgehead atoms. The van der Waals surface area contributed by atoms with E-state index in [-0.39, 0.29) is 24.0 Å². The number of benzene rings is 1. The van der Waals surface area contributed by atoms with E-state index in [0.717, 1.165) is 0 Å². The average Bonchev–Trinajstić information content (AvgIpc) is 2.87. The molecule has 1 aromatic heterocycles. The number of rotatable bonds is 5. The van der Waals surface area contributed by atoms with Crippen molar-refractivity contribution in [3.63, 3.8) is 0 Å². The minimum atomic E-state index is -0.309. The highest BCUT2D eigenvalue weighted by Gasteiger charge is 2.24. The molecule has 2 rings (SSSR count). The van der Waals surface area contributed by atoms with Crippen LogP contribution < -0.4 is 5.32 Å². The smallest absolute Gasteiger partial charge is 0.255 e. The molecule has 2 N–H and O–H groups in total. The topological polar surface area (TPSA) is 67.2 Å². The van der Waals surface area contributed by atoms with E-state index in [1.807, 2.05) is 18.2 Å². The SMILES string of the molecule is Cn1cc(C(=O)NC(CO)CC(C)(C)C)c(-c2ccccc2Cl)n1. The summed E-state index contributed by atoms with van der Waals surface area (Å²) in [4.78, 5) is 12.7. The Kier molecular flexibility index (Phi) is 5.67. The van der Waals surface area contributed by atoms with Crippen LogP contribution in [0.2, 0.25) is 5.02 Å². The second kappa shape index (κ2) is 7.36. The van der Waals surface area contributed by atoms with Gasteiger partial charge in [0.05, 0.1) is 23.2 Å². The number of nitrogens with one attached hydrogen (secondary N) is 1. The van der Waals surface area contributed by atoms with E-state index in [9.17, 15) is 9.90 Å². The highest BCUT2D eigenvalue weighted by molar-refractivity contribution is 6.33. The maximum atomic E-state index is 12.7. The van der Waals surface area contributed by atoms with Crippen LogP contribution >= 0.6 is 11.6 Å². The number of hydrogen-bond acceptors (Lipinski definition) is 3. The Morgan fingerprint density at radius 2 is 2.04 bits per heavy atom. The number of carbonyl (C=O) groups is 1. The number of hydrogen-bond donors (Lipinski definition) is 2. The van der Waals surface area contributed by atoms with E-state index in [0.29, 0.717) is 28.3 Å². The second-order valence-corrected chi connectivity index (χ2v) is 7.57. The average molecular weight is 350 g/mol. The van der Waals surface area contributed by atoms with E-state index in [1.165, 1.54) is 0 Å². The summed E-state index contributed by atoms with van der Waals surface area (Å²) in [5, 5.41) is 17.4. The van der Waals surface area contributed by atoms with Crippen LogP contribution in [0.3, 0.4) is 0 Å². The van der Waals surface area contributed by atoms with Crippen molar-refractivity contribution in [3.8, 4) is 11.3 Å². The maximum absolute atomic E-state index is 12.7. The van der Waals surface area contributed by atoms with Gasteiger partial charge in [0.1, 0.15) is 5.69 Å². The molecule has 0 aliphatic heterocycles. The fourth-order valence-corrected chi connectivity index (χ4v) is 2.90. The lowest BCUT2D eigenvalue weighted by Crippen LogP contribution is -2.40. The second-order valence-electron chi connectivity index (χ2n) is 7.16. The molecule has 1 heterocycles. The minimum Gasteiger partial charge on any atom is -0.394 e. The molecular formula is C18H24ClN3O2. The molecule has 130 valence electrons. The molecule has 5 nitrogen and oxygen atoms in total. The first kappa shape index (κ1) is 18.5. The Bertz CT molecular complexity index is 719. The van der Waals surface area contributed by atoms with Gasteiger partial charge in [-0.1, -0.05) is 50.6 Å². The summed E-state index contributed by atoms with van der Waals surface area (Å²) in [6.07, 6.45) is 2.34. The third-order valence-electron chi connectivity index (χ3n) is 3.62. The number of nitrogens with zero attached hydrogens (tertiary/aromatic N) is 2. The fourth-order valence-electron chi connectivity index (χ4n) is 2.67. The summed E-state index contributed by atoms with van der Waals surface area (Å²) < 4.78 is 1.59. The summed E-state index contributed by atoms with van der Waals surface area (Å²) in [5.74, 6) is -0.263. The van der Waals surface area contributed by atoms with Crippen LogP contribution in [0, 0.1) is 5.41 Å². The molecule has 1 atom stereocenters. The third kappa shape index (κ3) is 4.58. The van der Waals surface area contributed by atoms with Gasteiger partial charge in [0, 0.05) is 18.8 Å². The Morgan fingerprint density at radius 3 is 2.62 bits per heavy atom. The highest BCUT2D eigenvalue weighted by atomic mass is 35.5. The monoisotopic (exact) mass is 349 g/mol. The van der Waals surface area contributed by atoms with Crippen molar-refractivity contribution in [1.82, 2.24) is 15.1 Å². The minimum absolute atomic E-state index is 0.00117. The van der Waals surface area contributed by atoms with Crippen LogP contribution in [0.5, 0.6) is 0 Å². The molecule has 0 aliphatic carbocycles. The molecule has 0 radical (unpaired) electrons. The normalized spacial score (nSPS) is 12.9. The molecular weight excluding hydrogens is 326 g/mol. The zero-order chi connectivity index (χ0) is 17.9. The lowest BCUT2D eigenvalue weighted by molar-refractivity contribution is 0.0898. The molecule has 0 saturated heterocycles. The van der Waals surface area contributed by atoms with Gasteiger partial charge in [-0.3, -0.25) is 9.48 Å². The van der Waals surface area contributed by atoms with Crippen molar-refractivity contribution < 1.29 is 9.90 Å². The summed E-state index contributed by atoms with van der Waals surface area (Å²) in [7, 11) is 1.76. The molecule has 2 aromatic rings. The summed E-state index contributed by atoms with van der Waals surface area (Å²) >= 11 is 6.24. The molecule has 0 saturated carbocycles. The van der Waals surface area contributed by atoms with E-state index < -0.39 is 0 Å². The van der Waals surface area contributed by atoms with Gasteiger partial charge in [-0.15, -0.1) is 0 Å². The maximum Gasteiger partial charge on any atom is 0.255 e. The molecule has 0 aliphatic rings. The Hall–Kier alpha value is -1.85. The van der Waals surface area contributed by atoms with Gasteiger partial charge in [-0.25, -0.2) is 0 Å². The number of aromatic nitrogens is 2. The fraction of sp³-hybridized carbons (Fsp3) is 0.444. The van der Waals surface area contributed by atoms with Crippen molar-refractivity contribution in [2.45, 2.75) is 33.2 Å². The van der Waals surface area contributed by atoms with E-state index >= 15 is 0 Å². The molecule has 0 spiro atoms. The Balaban J connectivity index is 2.29. The first-order valence-electron chi connectivity index (χ1n) is 7.91. The predicted molar refractivity (Wildman–Crippen MR) is 96.1 cm³/mol. The van der Waals surface area contributed by atoms with E-state index in [2.05, 4.69) is 31.2 Å². The Morgan fingerprint density at radius 1 is 1.38 bits per heavy atom. The van der Waals surface area contributed by atoms with Gasteiger partial charge in [0.25, 0.3) is 5.91 Å². The quantitative estimate of drug-likeness (QED) is 0.870. The number of carbonyl (C=O) groups excluding carboxylic acids is 1. The van der Waals surface area contributed by atoms with Crippen LogP contribution in [-0.4, -0.2) is 33.4 Å². The highest BCUT2D eigenvalue weighted by Crippen LogP contribution is 2.29. The van der Waals surface area contributed by atoms with Gasteiger partial charge in [-0.05, 0) is 17.9 Å². The molecule has 24 heavy (non-hydrogen) atoms. The van der Waals surface area contributed by atoms with Gasteiger partial charge in [0.2, 0.25) is 0 Å². The predicted octanol–water partition coefficient (Wildman–Crippen LogP) is 3.27. The number of aliphatic hydroxyl groups is 1. The molecule has 1 aromatic carbocycles. The number of amides is 1. The summed E-state index contributed by atoms with van der Waals surface area (Å²) in [5.41, 5.74) is 1.69. The van der Waals surface area contributed by atoms with E-state index in [4.69, 9.17) is 11.6 Å². The zero-order valence-electron chi connectivity index (χ0n) is 14.5. The standard InChI is InChI=1S/C18H24ClN3O2/c1-18(2,3)9-12(11-23)20-17(24)14-10-22(4)21-16(14)13-7-5-6-8-15(13)19/h5-8,10,12,23H,9,11H2,1-4H3,(H,20,24). The lowest BCUT2D eigenvalue weighted by atomic mass is 9.88. The van der Waals surface area contributed by atoms with Crippen LogP contribution in [0.1, 0.15) is 37.6 Å². The first-order valence-corrected chi connectivity index (χ1v) is 8.29. The molecule has 1 unspecified atom stereocenters. The third-order valence-corrected chi connectivity index (χ3v) is 3.95. The van der Waals surface area contributed by atoms with Gasteiger partial charge < -0.3 is 10.4 Å². The molecule has 1 amide bonds. The summed E-state index contributed by atoms with van der Waals surface area (Å²) in [6.45, 7) is 6.11. The van der Waals surface area contributed by atoms with Crippen LogP contribution in [0.4, 0.5) is 0 Å². The van der Waals surface area contributed by atoms with Crippen molar-refractivity contribution in [1.29, 1.82) is 0 Å². The van der Waals surface area contributed by atoms with Crippen LogP contribution in [0.25, 0.3) is 11.3 Å². The van der Waals surface area contributed by atoms with Crippen LogP contribution in [0.15, 0.2) is 30.5 Å². The largest absolute Gasteiger partial charge is 0.394 e. The molecule has 0 fully saturated rings. The van der Waals surface area contributed by atoms with Crippen molar-refractivity contribution in [2.75, 3.05) is 6.61 Å². The Labute approximate surface area is 147 Å². The van der Waals surface area contributed by atoms with Crippen LogP contribution in [-0.2, 0) is 7.05 Å². The van der Waals surface area contributed by atoms with Gasteiger partial charge in [-0.2, -0.15) is 5.10 Å². The van der Waals surface area contributed by atoms with Crippen molar-refractivity contribution in [3.05, 3.63) is 41.0 Å². The number of aliphatic hydroxyl groups excluding tert-OH is 1. The summed E-state index contributed by atoms with van der Waals surface area (Å²) in [6, 6.07) is 6.98. The molecule has 6 heteroatoms. The zero-order valence-corrected chi connectivity index (χ0v) is 15.3. The number of halogens is 1. The van der Waals surface area contributed by atoms with E-state index in [1.54, 1.807) is 24.0 Å². The van der Waals surface area contributed by atoms with Gasteiger partial charge >= 0.3 is 0 Å². The van der Waals surface area contributed by atoms with Crippen molar-refractivity contribution in [2.24, 2.45) is 12.5 Å². The number of aryl methyl sites for hydroxylation is 1. The lowest BCUT2D eigenvalue weighted by Gasteiger charge is -2.25. The van der Waals surface area contributed by atoms with Crippen molar-refractivity contribution >= 4 is 17.5 Å². The first-order chi connectivity index (χ1) is 11.2. The van der Waals surface area contributed by atoms with Gasteiger partial charge in [0.15, 0.2) is 0 Å².